The molecule has 0 saturated carbocycles. The third-order valence-electron chi connectivity index (χ3n) is 3.79. The zero-order valence-corrected chi connectivity index (χ0v) is 12.2. The molecule has 112 valence electrons. The van der Waals surface area contributed by atoms with Gasteiger partial charge in [-0.1, -0.05) is 6.07 Å². The van der Waals surface area contributed by atoms with Gasteiger partial charge in [-0.2, -0.15) is 0 Å². The van der Waals surface area contributed by atoms with E-state index >= 15 is 0 Å². The highest BCUT2D eigenvalue weighted by Crippen LogP contribution is 2.24. The number of rotatable bonds is 6. The molecular weight excluding hydrogens is 254 g/mol. The minimum absolute atomic E-state index is 0.0539. The van der Waals surface area contributed by atoms with Gasteiger partial charge in [-0.05, 0) is 44.3 Å². The SMILES string of the molecule is CN1CCN(CCCNCc2ccc(O)c(O)c2)CC1. The zero-order chi connectivity index (χ0) is 14.4. The van der Waals surface area contributed by atoms with Crippen molar-refractivity contribution in [2.24, 2.45) is 0 Å². The van der Waals surface area contributed by atoms with Gasteiger partial charge in [0.05, 0.1) is 0 Å². The summed E-state index contributed by atoms with van der Waals surface area (Å²) in [6, 6.07) is 4.95. The molecule has 0 spiro atoms. The van der Waals surface area contributed by atoms with E-state index in [0.29, 0.717) is 0 Å². The van der Waals surface area contributed by atoms with Crippen LogP contribution >= 0.6 is 0 Å². The fourth-order valence-corrected chi connectivity index (χ4v) is 2.41. The Balaban J connectivity index is 1.58. The maximum absolute atomic E-state index is 9.41. The standard InChI is InChI=1S/C15H25N3O2/c1-17-7-9-18(10-8-17)6-2-5-16-12-13-3-4-14(19)15(20)11-13/h3-4,11,16,19-20H,2,5-10,12H2,1H3. The van der Waals surface area contributed by atoms with Crippen molar-refractivity contribution in [2.75, 3.05) is 46.3 Å². The zero-order valence-electron chi connectivity index (χ0n) is 12.2. The molecule has 1 saturated heterocycles. The molecule has 1 heterocycles. The van der Waals surface area contributed by atoms with Crippen LogP contribution < -0.4 is 5.32 Å². The molecule has 2 rings (SSSR count). The van der Waals surface area contributed by atoms with E-state index < -0.39 is 0 Å². The highest BCUT2D eigenvalue weighted by molar-refractivity contribution is 5.40. The van der Waals surface area contributed by atoms with Crippen molar-refractivity contribution in [3.8, 4) is 11.5 Å². The van der Waals surface area contributed by atoms with Gasteiger partial charge in [-0.15, -0.1) is 0 Å². The van der Waals surface area contributed by atoms with Crippen LogP contribution in [0.2, 0.25) is 0 Å². The molecule has 0 unspecified atom stereocenters. The van der Waals surface area contributed by atoms with Crippen LogP contribution in [0.15, 0.2) is 18.2 Å². The molecule has 0 bridgehead atoms. The van der Waals surface area contributed by atoms with E-state index in [9.17, 15) is 10.2 Å². The van der Waals surface area contributed by atoms with Crippen molar-refractivity contribution in [3.63, 3.8) is 0 Å². The minimum atomic E-state index is -0.0659. The van der Waals surface area contributed by atoms with Crippen molar-refractivity contribution in [2.45, 2.75) is 13.0 Å². The molecule has 5 heteroatoms. The van der Waals surface area contributed by atoms with Crippen LogP contribution in [0.1, 0.15) is 12.0 Å². The molecule has 0 aliphatic carbocycles. The lowest BCUT2D eigenvalue weighted by Crippen LogP contribution is -2.45. The highest BCUT2D eigenvalue weighted by atomic mass is 16.3. The van der Waals surface area contributed by atoms with Crippen molar-refractivity contribution in [1.29, 1.82) is 0 Å². The fraction of sp³-hybridized carbons (Fsp3) is 0.600. The van der Waals surface area contributed by atoms with Crippen LogP contribution in [0.25, 0.3) is 0 Å². The molecule has 1 aromatic rings. The van der Waals surface area contributed by atoms with Gasteiger partial charge in [0.1, 0.15) is 0 Å². The number of hydrogen-bond donors (Lipinski definition) is 3. The maximum Gasteiger partial charge on any atom is 0.157 e. The minimum Gasteiger partial charge on any atom is -0.504 e. The van der Waals surface area contributed by atoms with Crippen LogP contribution in [0.3, 0.4) is 0 Å². The predicted molar refractivity (Wildman–Crippen MR) is 80.0 cm³/mol. The number of nitrogens with one attached hydrogen (secondary N) is 1. The third kappa shape index (κ3) is 4.67. The van der Waals surface area contributed by atoms with Crippen LogP contribution in [0.5, 0.6) is 11.5 Å². The molecule has 0 amide bonds. The van der Waals surface area contributed by atoms with Crippen molar-refractivity contribution >= 4 is 0 Å². The van der Waals surface area contributed by atoms with Gasteiger partial charge in [0.15, 0.2) is 11.5 Å². The molecule has 1 aliphatic rings. The first kappa shape index (κ1) is 15.1. The lowest BCUT2D eigenvalue weighted by molar-refractivity contribution is 0.153. The maximum atomic E-state index is 9.41. The number of phenols is 2. The van der Waals surface area contributed by atoms with E-state index in [0.717, 1.165) is 31.6 Å². The summed E-state index contributed by atoms with van der Waals surface area (Å²) in [6.45, 7) is 7.50. The Morgan fingerprint density at radius 2 is 1.85 bits per heavy atom. The monoisotopic (exact) mass is 279 g/mol. The van der Waals surface area contributed by atoms with Crippen molar-refractivity contribution < 1.29 is 10.2 Å². The Labute approximate surface area is 120 Å². The van der Waals surface area contributed by atoms with Crippen molar-refractivity contribution in [1.82, 2.24) is 15.1 Å². The van der Waals surface area contributed by atoms with Gasteiger partial charge in [-0.25, -0.2) is 0 Å². The third-order valence-corrected chi connectivity index (χ3v) is 3.79. The molecule has 5 nitrogen and oxygen atoms in total. The summed E-state index contributed by atoms with van der Waals surface area (Å²) in [4.78, 5) is 4.88. The van der Waals surface area contributed by atoms with Gasteiger partial charge in [-0.3, -0.25) is 0 Å². The first-order valence-corrected chi connectivity index (χ1v) is 7.27. The van der Waals surface area contributed by atoms with Gasteiger partial charge in [0.25, 0.3) is 0 Å². The molecule has 3 N–H and O–H groups in total. The summed E-state index contributed by atoms with van der Waals surface area (Å²) >= 11 is 0. The predicted octanol–water partition coefficient (Wildman–Crippen LogP) is 0.825. The van der Waals surface area contributed by atoms with E-state index in [2.05, 4.69) is 22.2 Å². The van der Waals surface area contributed by atoms with Gasteiger partial charge >= 0.3 is 0 Å². The summed E-state index contributed by atoms with van der Waals surface area (Å²) < 4.78 is 0. The van der Waals surface area contributed by atoms with E-state index in [4.69, 9.17) is 0 Å². The number of phenolic OH excluding ortho intramolecular Hbond substituents is 2. The van der Waals surface area contributed by atoms with Crippen LogP contribution in [0.4, 0.5) is 0 Å². The lowest BCUT2D eigenvalue weighted by Gasteiger charge is -2.32. The van der Waals surface area contributed by atoms with Gasteiger partial charge in [0.2, 0.25) is 0 Å². The highest BCUT2D eigenvalue weighted by Gasteiger charge is 2.12. The fourth-order valence-electron chi connectivity index (χ4n) is 2.41. The Morgan fingerprint density at radius 3 is 2.55 bits per heavy atom. The Morgan fingerprint density at radius 1 is 1.10 bits per heavy atom. The number of benzene rings is 1. The summed E-state index contributed by atoms with van der Waals surface area (Å²) in [5, 5.41) is 22.0. The summed E-state index contributed by atoms with van der Waals surface area (Å²) in [5.74, 6) is -0.120. The van der Waals surface area contributed by atoms with Gasteiger partial charge in [0, 0.05) is 32.7 Å². The average Bonchev–Trinajstić information content (AvgIpc) is 2.44. The molecule has 20 heavy (non-hydrogen) atoms. The second kappa shape index (κ2) is 7.47. The molecule has 1 fully saturated rings. The number of aromatic hydroxyl groups is 2. The Bertz CT molecular complexity index is 418. The Kier molecular flexibility index (Phi) is 5.64. The molecule has 0 aromatic heterocycles. The topological polar surface area (TPSA) is 59.0 Å². The Hall–Kier alpha value is -1.30. The first-order valence-electron chi connectivity index (χ1n) is 7.27. The smallest absolute Gasteiger partial charge is 0.157 e. The molecule has 1 aliphatic heterocycles. The lowest BCUT2D eigenvalue weighted by atomic mass is 10.2. The number of nitrogens with zero attached hydrogens (tertiary/aromatic N) is 2. The molecule has 0 radical (unpaired) electrons. The second-order valence-corrected chi connectivity index (χ2v) is 5.50. The first-order chi connectivity index (χ1) is 9.65. The van der Waals surface area contributed by atoms with Gasteiger partial charge < -0.3 is 25.3 Å². The molecular formula is C15H25N3O2. The molecule has 0 atom stereocenters. The van der Waals surface area contributed by atoms with Crippen LogP contribution in [0, 0.1) is 0 Å². The number of hydrogen-bond acceptors (Lipinski definition) is 5. The quantitative estimate of drug-likeness (QED) is 0.532. The number of likely N-dealkylation sites (N-methyl/N-ethyl adjacent to an activating group) is 1. The van der Waals surface area contributed by atoms with E-state index in [-0.39, 0.29) is 11.5 Å². The van der Waals surface area contributed by atoms with Crippen molar-refractivity contribution in [3.05, 3.63) is 23.8 Å². The average molecular weight is 279 g/mol. The van der Waals surface area contributed by atoms with Crippen LogP contribution in [-0.2, 0) is 6.54 Å². The second-order valence-electron chi connectivity index (χ2n) is 5.50. The molecule has 1 aromatic carbocycles. The van der Waals surface area contributed by atoms with E-state index in [1.54, 1.807) is 6.07 Å². The largest absolute Gasteiger partial charge is 0.504 e. The van der Waals surface area contributed by atoms with E-state index in [1.165, 1.54) is 32.2 Å². The summed E-state index contributed by atoms with van der Waals surface area (Å²) in [5.41, 5.74) is 0.986. The van der Waals surface area contributed by atoms with E-state index in [1.807, 2.05) is 6.07 Å². The summed E-state index contributed by atoms with van der Waals surface area (Å²) in [7, 11) is 2.17. The van der Waals surface area contributed by atoms with Crippen LogP contribution in [-0.4, -0.2) is 66.3 Å². The summed E-state index contributed by atoms with van der Waals surface area (Å²) in [6.07, 6.45) is 1.13. The normalized spacial score (nSPS) is 17.4. The number of piperazine rings is 1.